The summed E-state index contributed by atoms with van der Waals surface area (Å²) in [5.74, 6) is 0. The zero-order chi connectivity index (χ0) is 9.97. The Labute approximate surface area is 83.5 Å². The van der Waals surface area contributed by atoms with Gasteiger partial charge >= 0.3 is 0 Å². The van der Waals surface area contributed by atoms with E-state index in [9.17, 15) is 0 Å². The molecule has 2 aromatic rings. The molecule has 72 valence electrons. The molecule has 2 nitrogen and oxygen atoms in total. The first-order valence-corrected chi connectivity index (χ1v) is 4.65. The fourth-order valence-corrected chi connectivity index (χ4v) is 1.58. The molecule has 0 amide bonds. The van der Waals surface area contributed by atoms with Gasteiger partial charge in [-0.15, -0.1) is 0 Å². The van der Waals surface area contributed by atoms with Gasteiger partial charge in [-0.3, -0.25) is 4.98 Å². The van der Waals surface area contributed by atoms with E-state index in [1.54, 1.807) is 7.11 Å². The summed E-state index contributed by atoms with van der Waals surface area (Å²) in [7, 11) is 1.70. The van der Waals surface area contributed by atoms with Crippen molar-refractivity contribution in [1.29, 1.82) is 0 Å². The van der Waals surface area contributed by atoms with Crippen LogP contribution in [0.25, 0.3) is 10.9 Å². The number of nitrogens with zero attached hydrogens (tertiary/aromatic N) is 1. The van der Waals surface area contributed by atoms with Crippen molar-refractivity contribution in [3.63, 3.8) is 0 Å². The van der Waals surface area contributed by atoms with Crippen LogP contribution in [0.1, 0.15) is 11.3 Å². The third-order valence-electron chi connectivity index (χ3n) is 2.24. The molecule has 1 aromatic heterocycles. The molecule has 0 fully saturated rings. The Morgan fingerprint density at radius 2 is 2.07 bits per heavy atom. The second-order valence-electron chi connectivity index (χ2n) is 3.37. The number of aromatic nitrogens is 1. The molecule has 14 heavy (non-hydrogen) atoms. The van der Waals surface area contributed by atoms with Crippen LogP contribution in [0.2, 0.25) is 0 Å². The van der Waals surface area contributed by atoms with Crippen LogP contribution in [-0.2, 0) is 11.3 Å². The Morgan fingerprint density at radius 3 is 2.86 bits per heavy atom. The Kier molecular flexibility index (Phi) is 2.46. The van der Waals surface area contributed by atoms with E-state index in [2.05, 4.69) is 23.2 Å². The first-order chi connectivity index (χ1) is 6.81. The van der Waals surface area contributed by atoms with Gasteiger partial charge in [0, 0.05) is 23.8 Å². The summed E-state index contributed by atoms with van der Waals surface area (Å²) in [5.41, 5.74) is 3.24. The number of para-hydroxylation sites is 1. The van der Waals surface area contributed by atoms with E-state index >= 15 is 0 Å². The number of pyridine rings is 1. The van der Waals surface area contributed by atoms with Crippen LogP contribution in [0, 0.1) is 6.92 Å². The molecule has 0 atom stereocenters. The SMILES string of the molecule is COCc1cccc2ccc(C)nc12. The molecule has 0 aliphatic carbocycles. The van der Waals surface area contributed by atoms with Gasteiger partial charge in [0.05, 0.1) is 12.1 Å². The molecule has 0 N–H and O–H groups in total. The topological polar surface area (TPSA) is 22.1 Å². The summed E-state index contributed by atoms with van der Waals surface area (Å²) in [5, 5.41) is 1.17. The molecule has 0 saturated carbocycles. The largest absolute Gasteiger partial charge is 0.380 e. The fourth-order valence-electron chi connectivity index (χ4n) is 1.58. The zero-order valence-electron chi connectivity index (χ0n) is 8.45. The van der Waals surface area contributed by atoms with Gasteiger partial charge in [-0.2, -0.15) is 0 Å². The minimum atomic E-state index is 0.619. The normalized spacial score (nSPS) is 10.7. The average Bonchev–Trinajstić information content (AvgIpc) is 2.19. The molecule has 0 aliphatic heterocycles. The van der Waals surface area contributed by atoms with Gasteiger partial charge in [-0.1, -0.05) is 24.3 Å². The van der Waals surface area contributed by atoms with E-state index in [1.807, 2.05) is 19.1 Å². The van der Waals surface area contributed by atoms with Crippen LogP contribution < -0.4 is 0 Å². The summed E-state index contributed by atoms with van der Waals surface area (Å²) in [4.78, 5) is 4.51. The standard InChI is InChI=1S/C12H13NO/c1-9-6-7-10-4-3-5-11(8-14-2)12(10)13-9/h3-7H,8H2,1-2H3. The molecule has 1 aromatic carbocycles. The Morgan fingerprint density at radius 1 is 1.21 bits per heavy atom. The summed E-state index contributed by atoms with van der Waals surface area (Å²) in [6, 6.07) is 10.3. The molecular weight excluding hydrogens is 174 g/mol. The van der Waals surface area contributed by atoms with Crippen molar-refractivity contribution >= 4 is 10.9 Å². The predicted molar refractivity (Wildman–Crippen MR) is 57.2 cm³/mol. The van der Waals surface area contributed by atoms with E-state index in [4.69, 9.17) is 4.74 Å². The van der Waals surface area contributed by atoms with E-state index < -0.39 is 0 Å². The summed E-state index contributed by atoms with van der Waals surface area (Å²) in [6.45, 7) is 2.62. The highest BCUT2D eigenvalue weighted by atomic mass is 16.5. The molecule has 0 bridgehead atoms. The highest BCUT2D eigenvalue weighted by Gasteiger charge is 2.01. The van der Waals surface area contributed by atoms with E-state index in [0.29, 0.717) is 6.61 Å². The second kappa shape index (κ2) is 3.76. The van der Waals surface area contributed by atoms with Gasteiger partial charge in [0.15, 0.2) is 0 Å². The highest BCUT2D eigenvalue weighted by molar-refractivity contribution is 5.81. The number of aryl methyl sites for hydroxylation is 1. The fraction of sp³-hybridized carbons (Fsp3) is 0.250. The number of rotatable bonds is 2. The Hall–Kier alpha value is -1.41. The highest BCUT2D eigenvalue weighted by Crippen LogP contribution is 2.17. The molecule has 0 spiro atoms. The molecule has 2 rings (SSSR count). The third kappa shape index (κ3) is 1.61. The Bertz CT molecular complexity index is 451. The number of hydrogen-bond acceptors (Lipinski definition) is 2. The van der Waals surface area contributed by atoms with Crippen molar-refractivity contribution in [2.75, 3.05) is 7.11 Å². The van der Waals surface area contributed by atoms with Crippen molar-refractivity contribution in [3.8, 4) is 0 Å². The molecule has 0 saturated heterocycles. The van der Waals surface area contributed by atoms with E-state index in [0.717, 1.165) is 16.8 Å². The lowest BCUT2D eigenvalue weighted by Gasteiger charge is -2.05. The molecule has 0 radical (unpaired) electrons. The first-order valence-electron chi connectivity index (χ1n) is 4.65. The van der Waals surface area contributed by atoms with E-state index in [1.165, 1.54) is 5.39 Å². The Balaban J connectivity index is 2.64. The molecule has 1 heterocycles. The number of hydrogen-bond donors (Lipinski definition) is 0. The number of fused-ring (bicyclic) bond motifs is 1. The quantitative estimate of drug-likeness (QED) is 0.721. The van der Waals surface area contributed by atoms with Crippen LogP contribution in [0.3, 0.4) is 0 Å². The van der Waals surface area contributed by atoms with Crippen molar-refractivity contribution < 1.29 is 4.74 Å². The van der Waals surface area contributed by atoms with Gasteiger partial charge in [-0.05, 0) is 13.0 Å². The maximum atomic E-state index is 5.14. The monoisotopic (exact) mass is 187 g/mol. The van der Waals surface area contributed by atoms with Gasteiger partial charge in [0.25, 0.3) is 0 Å². The minimum absolute atomic E-state index is 0.619. The van der Waals surface area contributed by atoms with Crippen LogP contribution in [0.5, 0.6) is 0 Å². The van der Waals surface area contributed by atoms with E-state index in [-0.39, 0.29) is 0 Å². The van der Waals surface area contributed by atoms with Crippen LogP contribution >= 0.6 is 0 Å². The predicted octanol–water partition coefficient (Wildman–Crippen LogP) is 2.69. The lowest BCUT2D eigenvalue weighted by Crippen LogP contribution is -1.92. The van der Waals surface area contributed by atoms with Crippen molar-refractivity contribution in [2.45, 2.75) is 13.5 Å². The van der Waals surface area contributed by atoms with Gasteiger partial charge in [0.1, 0.15) is 0 Å². The van der Waals surface area contributed by atoms with Gasteiger partial charge in [0.2, 0.25) is 0 Å². The van der Waals surface area contributed by atoms with Crippen LogP contribution in [0.15, 0.2) is 30.3 Å². The van der Waals surface area contributed by atoms with Gasteiger partial charge in [-0.25, -0.2) is 0 Å². The summed E-state index contributed by atoms with van der Waals surface area (Å²) < 4.78 is 5.14. The first kappa shape index (κ1) is 9.16. The van der Waals surface area contributed by atoms with Crippen LogP contribution in [0.4, 0.5) is 0 Å². The maximum absolute atomic E-state index is 5.14. The summed E-state index contributed by atoms with van der Waals surface area (Å²) in [6.07, 6.45) is 0. The lowest BCUT2D eigenvalue weighted by atomic mass is 10.1. The molecule has 2 heteroatoms. The van der Waals surface area contributed by atoms with Crippen molar-refractivity contribution in [3.05, 3.63) is 41.6 Å². The minimum Gasteiger partial charge on any atom is -0.380 e. The number of ether oxygens (including phenoxy) is 1. The smallest absolute Gasteiger partial charge is 0.0760 e. The van der Waals surface area contributed by atoms with Crippen LogP contribution in [-0.4, -0.2) is 12.1 Å². The van der Waals surface area contributed by atoms with Crippen molar-refractivity contribution in [2.24, 2.45) is 0 Å². The number of methoxy groups -OCH3 is 1. The number of benzene rings is 1. The molecule has 0 unspecified atom stereocenters. The zero-order valence-corrected chi connectivity index (χ0v) is 8.45. The van der Waals surface area contributed by atoms with Crippen molar-refractivity contribution in [1.82, 2.24) is 4.98 Å². The van der Waals surface area contributed by atoms with Gasteiger partial charge < -0.3 is 4.74 Å². The summed E-state index contributed by atoms with van der Waals surface area (Å²) >= 11 is 0. The second-order valence-corrected chi connectivity index (χ2v) is 3.37. The third-order valence-corrected chi connectivity index (χ3v) is 2.24. The average molecular weight is 187 g/mol. The molecule has 0 aliphatic rings. The molecular formula is C12H13NO. The maximum Gasteiger partial charge on any atom is 0.0760 e. The lowest BCUT2D eigenvalue weighted by molar-refractivity contribution is 0.186.